The van der Waals surface area contributed by atoms with Gasteiger partial charge in [0.15, 0.2) is 0 Å². The van der Waals surface area contributed by atoms with Crippen molar-refractivity contribution in [3.05, 3.63) is 0 Å². The first kappa shape index (κ1) is 14.5. The number of rotatable bonds is 6. The molecule has 1 aliphatic carbocycles. The summed E-state index contributed by atoms with van der Waals surface area (Å²) in [6, 6.07) is -0.958. The molecule has 1 aliphatic heterocycles. The Labute approximate surface area is 116 Å². The number of thioether (sulfide) groups is 1. The van der Waals surface area contributed by atoms with Crippen LogP contribution in [0.1, 0.15) is 19.3 Å². The highest BCUT2D eigenvalue weighted by atomic mass is 32.2. The summed E-state index contributed by atoms with van der Waals surface area (Å²) < 4.78 is 5.07. The average Bonchev–Trinajstić information content (AvgIpc) is 2.97. The third-order valence-electron chi connectivity index (χ3n) is 3.84. The van der Waals surface area contributed by atoms with Crippen LogP contribution in [0.25, 0.3) is 0 Å². The van der Waals surface area contributed by atoms with Crippen molar-refractivity contribution in [3.8, 4) is 0 Å². The van der Waals surface area contributed by atoms with E-state index in [4.69, 9.17) is 9.84 Å². The van der Waals surface area contributed by atoms with E-state index in [1.165, 1.54) is 16.7 Å². The van der Waals surface area contributed by atoms with Crippen molar-refractivity contribution in [2.75, 3.05) is 31.9 Å². The van der Waals surface area contributed by atoms with Gasteiger partial charge in [0.1, 0.15) is 6.04 Å². The molecule has 1 saturated heterocycles. The highest BCUT2D eigenvalue weighted by Crippen LogP contribution is 2.48. The van der Waals surface area contributed by atoms with E-state index in [1.807, 2.05) is 0 Å². The topological polar surface area (TPSA) is 78.9 Å². The van der Waals surface area contributed by atoms with E-state index in [0.29, 0.717) is 24.8 Å². The van der Waals surface area contributed by atoms with Gasteiger partial charge >= 0.3 is 12.0 Å². The molecule has 2 fully saturated rings. The van der Waals surface area contributed by atoms with E-state index in [2.05, 4.69) is 5.32 Å². The van der Waals surface area contributed by atoms with Crippen molar-refractivity contribution in [1.82, 2.24) is 10.2 Å². The lowest BCUT2D eigenvalue weighted by atomic mass is 10.0. The zero-order chi connectivity index (χ0) is 13.9. The zero-order valence-corrected chi connectivity index (χ0v) is 11.9. The maximum atomic E-state index is 12.0. The molecule has 0 aromatic rings. The number of hydrogen-bond acceptors (Lipinski definition) is 4. The first-order valence-electron chi connectivity index (χ1n) is 6.42. The number of nitrogens with one attached hydrogen (secondary N) is 1. The van der Waals surface area contributed by atoms with E-state index in [0.717, 1.165) is 19.3 Å². The third-order valence-corrected chi connectivity index (χ3v) is 4.85. The van der Waals surface area contributed by atoms with Crippen LogP contribution in [0.3, 0.4) is 0 Å². The van der Waals surface area contributed by atoms with Crippen LogP contribution < -0.4 is 5.32 Å². The molecule has 108 valence electrons. The van der Waals surface area contributed by atoms with E-state index in [9.17, 15) is 9.59 Å². The molecule has 0 bridgehead atoms. The lowest BCUT2D eigenvalue weighted by Crippen LogP contribution is -2.48. The molecule has 2 amide bonds. The fraction of sp³-hybridized carbons (Fsp3) is 0.833. The van der Waals surface area contributed by atoms with Crippen molar-refractivity contribution in [2.24, 2.45) is 5.41 Å². The number of nitrogens with zero attached hydrogens (tertiary/aromatic N) is 1. The molecule has 1 atom stereocenters. The van der Waals surface area contributed by atoms with Gasteiger partial charge in [-0.3, -0.25) is 0 Å². The minimum absolute atomic E-state index is 0.178. The smallest absolute Gasteiger partial charge is 0.327 e. The van der Waals surface area contributed by atoms with Crippen molar-refractivity contribution >= 4 is 23.8 Å². The average molecular weight is 288 g/mol. The summed E-state index contributed by atoms with van der Waals surface area (Å²) in [5.74, 6) is -0.00787. The molecule has 2 aliphatic rings. The molecule has 1 unspecified atom stereocenters. The number of aliphatic carboxylic acids is 1. The minimum atomic E-state index is -0.930. The highest BCUT2D eigenvalue weighted by Gasteiger charge is 2.43. The fourth-order valence-electron chi connectivity index (χ4n) is 2.22. The first-order chi connectivity index (χ1) is 9.08. The predicted molar refractivity (Wildman–Crippen MR) is 72.1 cm³/mol. The Balaban J connectivity index is 1.80. The van der Waals surface area contributed by atoms with Gasteiger partial charge in [-0.15, -0.1) is 11.8 Å². The summed E-state index contributed by atoms with van der Waals surface area (Å²) in [5, 5.41) is 11.9. The monoisotopic (exact) mass is 288 g/mol. The molecule has 2 rings (SSSR count). The molecule has 2 N–H and O–H groups in total. The molecular weight excluding hydrogens is 268 g/mol. The number of ether oxygens (including phenoxy) is 1. The van der Waals surface area contributed by atoms with Crippen molar-refractivity contribution in [1.29, 1.82) is 0 Å². The largest absolute Gasteiger partial charge is 0.480 e. The maximum absolute atomic E-state index is 12.0. The molecule has 1 saturated carbocycles. The Morgan fingerprint density at radius 1 is 1.53 bits per heavy atom. The van der Waals surface area contributed by atoms with Crippen LogP contribution >= 0.6 is 11.8 Å². The number of urea groups is 1. The van der Waals surface area contributed by atoms with Crippen LogP contribution in [0.5, 0.6) is 0 Å². The maximum Gasteiger partial charge on any atom is 0.327 e. The van der Waals surface area contributed by atoms with Gasteiger partial charge in [-0.1, -0.05) is 0 Å². The third kappa shape index (κ3) is 3.54. The number of methoxy groups -OCH3 is 1. The Bertz CT molecular complexity index is 360. The Morgan fingerprint density at radius 3 is 2.84 bits per heavy atom. The second-order valence-electron chi connectivity index (χ2n) is 5.23. The highest BCUT2D eigenvalue weighted by molar-refractivity contribution is 7.99. The molecule has 0 spiro atoms. The number of carboxylic acids is 1. The van der Waals surface area contributed by atoms with Gasteiger partial charge in [-0.05, 0) is 24.7 Å². The van der Waals surface area contributed by atoms with Crippen LogP contribution in [0.2, 0.25) is 0 Å². The number of hydrogen-bond donors (Lipinski definition) is 2. The number of carbonyl (C=O) groups is 2. The van der Waals surface area contributed by atoms with Gasteiger partial charge in [-0.25, -0.2) is 9.59 Å². The van der Waals surface area contributed by atoms with Crippen molar-refractivity contribution < 1.29 is 19.4 Å². The van der Waals surface area contributed by atoms with Gasteiger partial charge in [0.2, 0.25) is 0 Å². The molecule has 19 heavy (non-hydrogen) atoms. The number of carbonyl (C=O) groups excluding carboxylic acids is 1. The summed E-state index contributed by atoms with van der Waals surface area (Å²) in [4.78, 5) is 24.4. The number of carboxylic acid groups (broad SMARTS) is 1. The second-order valence-corrected chi connectivity index (χ2v) is 6.22. The van der Waals surface area contributed by atoms with E-state index in [1.54, 1.807) is 7.11 Å². The van der Waals surface area contributed by atoms with Gasteiger partial charge in [-0.2, -0.15) is 0 Å². The molecule has 0 aromatic carbocycles. The van der Waals surface area contributed by atoms with Crippen LogP contribution in [0, 0.1) is 5.41 Å². The van der Waals surface area contributed by atoms with Gasteiger partial charge in [0.05, 0.1) is 5.88 Å². The standard InChI is InChI=1S/C12H20N2O4S/c1-18-5-4-12(2-3-12)7-13-11(17)14-8-19-6-9(14)10(15)16/h9H,2-8H2,1H3,(H,13,17)(H,15,16). The molecule has 0 aromatic heterocycles. The molecule has 1 heterocycles. The lowest BCUT2D eigenvalue weighted by molar-refractivity contribution is -0.140. The van der Waals surface area contributed by atoms with Crippen LogP contribution in [0.4, 0.5) is 4.79 Å². The van der Waals surface area contributed by atoms with Crippen LogP contribution in [-0.2, 0) is 9.53 Å². The first-order valence-corrected chi connectivity index (χ1v) is 7.57. The summed E-state index contributed by atoms with van der Waals surface area (Å²) >= 11 is 1.47. The normalized spacial score (nSPS) is 24.3. The lowest BCUT2D eigenvalue weighted by Gasteiger charge is -2.23. The zero-order valence-electron chi connectivity index (χ0n) is 11.1. The van der Waals surface area contributed by atoms with Gasteiger partial charge < -0.3 is 20.1 Å². The summed E-state index contributed by atoms with van der Waals surface area (Å²) in [6.45, 7) is 1.32. The quantitative estimate of drug-likeness (QED) is 0.761. The second kappa shape index (κ2) is 6.00. The Kier molecular flexibility index (Phi) is 4.57. The molecule has 6 nitrogen and oxygen atoms in total. The van der Waals surface area contributed by atoms with E-state index < -0.39 is 12.0 Å². The van der Waals surface area contributed by atoms with Crippen molar-refractivity contribution in [3.63, 3.8) is 0 Å². The van der Waals surface area contributed by atoms with Gasteiger partial charge in [0, 0.05) is 26.0 Å². The summed E-state index contributed by atoms with van der Waals surface area (Å²) in [5.41, 5.74) is 0.178. The summed E-state index contributed by atoms with van der Waals surface area (Å²) in [7, 11) is 1.67. The fourth-order valence-corrected chi connectivity index (χ4v) is 3.37. The molecular formula is C12H20N2O4S. The molecule has 0 radical (unpaired) electrons. The molecule has 7 heteroatoms. The predicted octanol–water partition coefficient (Wildman–Crippen LogP) is 0.972. The van der Waals surface area contributed by atoms with Gasteiger partial charge in [0.25, 0.3) is 0 Å². The van der Waals surface area contributed by atoms with Crippen LogP contribution in [0.15, 0.2) is 0 Å². The van der Waals surface area contributed by atoms with Crippen molar-refractivity contribution in [2.45, 2.75) is 25.3 Å². The minimum Gasteiger partial charge on any atom is -0.480 e. The Hall–Kier alpha value is -0.950. The van der Waals surface area contributed by atoms with Crippen LogP contribution in [-0.4, -0.2) is 59.9 Å². The Morgan fingerprint density at radius 2 is 2.26 bits per heavy atom. The van der Waals surface area contributed by atoms with E-state index in [-0.39, 0.29) is 11.4 Å². The summed E-state index contributed by atoms with van der Waals surface area (Å²) in [6.07, 6.45) is 3.16. The van der Waals surface area contributed by atoms with E-state index >= 15 is 0 Å². The number of amides is 2. The SMILES string of the molecule is COCCC1(CNC(=O)N2CSCC2C(=O)O)CC1.